The lowest BCUT2D eigenvalue weighted by molar-refractivity contribution is 0.671. The van der Waals surface area contributed by atoms with Crippen LogP contribution >= 0.6 is 0 Å². The lowest BCUT2D eigenvalue weighted by Gasteiger charge is -2.18. The van der Waals surface area contributed by atoms with E-state index in [0.29, 0.717) is 17.9 Å². The molecule has 0 fully saturated rings. The van der Waals surface area contributed by atoms with Crippen LogP contribution in [0.25, 0.3) is 0 Å². The molecule has 27 heavy (non-hydrogen) atoms. The molecule has 3 N–H and O–H groups in total. The van der Waals surface area contributed by atoms with E-state index in [9.17, 15) is 0 Å². The highest BCUT2D eigenvalue weighted by molar-refractivity contribution is 5.50. The molecule has 0 heterocycles. The molecule has 0 spiro atoms. The van der Waals surface area contributed by atoms with E-state index in [-0.39, 0.29) is 0 Å². The zero-order valence-corrected chi connectivity index (χ0v) is 18.7. The monoisotopic (exact) mass is 368 g/mol. The maximum absolute atomic E-state index is 5.67. The van der Waals surface area contributed by atoms with Crippen molar-refractivity contribution >= 4 is 11.4 Å². The third-order valence-electron chi connectivity index (χ3n) is 5.18. The van der Waals surface area contributed by atoms with E-state index in [1.807, 2.05) is 6.07 Å². The second kappa shape index (κ2) is 11.0. The Morgan fingerprint density at radius 1 is 0.778 bits per heavy atom. The van der Waals surface area contributed by atoms with Gasteiger partial charge in [0.25, 0.3) is 0 Å². The summed E-state index contributed by atoms with van der Waals surface area (Å²) < 4.78 is 0. The molecule has 150 valence electrons. The number of rotatable bonds is 6. The van der Waals surface area contributed by atoms with Crippen molar-refractivity contribution in [1.82, 2.24) is 0 Å². The molecule has 0 saturated carbocycles. The first-order valence-electron chi connectivity index (χ1n) is 10.4. The van der Waals surface area contributed by atoms with Crippen LogP contribution < -0.4 is 11.1 Å². The highest BCUT2D eigenvalue weighted by atomic mass is 14.9. The van der Waals surface area contributed by atoms with Crippen molar-refractivity contribution < 1.29 is 0 Å². The average Bonchev–Trinajstić information content (AvgIpc) is 2.63. The highest BCUT2D eigenvalue weighted by Crippen LogP contribution is 2.24. The van der Waals surface area contributed by atoms with Gasteiger partial charge in [-0.3, -0.25) is 0 Å². The molecule has 2 aromatic carbocycles. The number of nitrogens with one attached hydrogen (secondary N) is 1. The van der Waals surface area contributed by atoms with Gasteiger partial charge in [-0.1, -0.05) is 53.7 Å². The zero-order chi connectivity index (χ0) is 20.6. The van der Waals surface area contributed by atoms with Gasteiger partial charge in [0.05, 0.1) is 0 Å². The molecule has 2 nitrogen and oxygen atoms in total. The Kier molecular flexibility index (Phi) is 9.41. The summed E-state index contributed by atoms with van der Waals surface area (Å²) in [5, 5.41) is 3.60. The second-order valence-electron chi connectivity index (χ2n) is 8.15. The third kappa shape index (κ3) is 7.28. The van der Waals surface area contributed by atoms with Crippen LogP contribution in [0.5, 0.6) is 0 Å². The van der Waals surface area contributed by atoms with Crippen LogP contribution in [0.3, 0.4) is 0 Å². The summed E-state index contributed by atoms with van der Waals surface area (Å²) in [5.74, 6) is 1.17. The summed E-state index contributed by atoms with van der Waals surface area (Å²) in [4.78, 5) is 0. The Labute approximate surface area is 167 Å². The minimum atomic E-state index is 0.568. The molecule has 2 aromatic rings. The van der Waals surface area contributed by atoms with Crippen molar-refractivity contribution in [3.8, 4) is 0 Å². The summed E-state index contributed by atoms with van der Waals surface area (Å²) >= 11 is 0. The van der Waals surface area contributed by atoms with Gasteiger partial charge in [0, 0.05) is 17.4 Å². The maximum atomic E-state index is 5.67. The Morgan fingerprint density at radius 2 is 1.26 bits per heavy atom. The smallest absolute Gasteiger partial charge is 0.0345 e. The molecule has 0 aliphatic carbocycles. The van der Waals surface area contributed by atoms with E-state index < -0.39 is 0 Å². The van der Waals surface area contributed by atoms with E-state index in [1.165, 1.54) is 40.8 Å². The van der Waals surface area contributed by atoms with E-state index in [0.717, 1.165) is 5.69 Å². The molecule has 0 radical (unpaired) electrons. The van der Waals surface area contributed by atoms with E-state index >= 15 is 0 Å². The predicted molar refractivity (Wildman–Crippen MR) is 123 cm³/mol. The quantitative estimate of drug-likeness (QED) is 0.521. The molecule has 0 saturated heterocycles. The van der Waals surface area contributed by atoms with Crippen LogP contribution in [0.15, 0.2) is 36.4 Å². The van der Waals surface area contributed by atoms with Gasteiger partial charge in [0.1, 0.15) is 0 Å². The molecule has 0 bridgehead atoms. The van der Waals surface area contributed by atoms with Crippen molar-refractivity contribution in [3.05, 3.63) is 58.7 Å². The van der Waals surface area contributed by atoms with Crippen molar-refractivity contribution in [1.29, 1.82) is 0 Å². The topological polar surface area (TPSA) is 38.0 Å². The molecule has 0 atom stereocenters. The van der Waals surface area contributed by atoms with Gasteiger partial charge < -0.3 is 11.1 Å². The molecular formula is C25H40N2. The van der Waals surface area contributed by atoms with Crippen LogP contribution in [0, 0.1) is 13.8 Å². The maximum Gasteiger partial charge on any atom is 0.0345 e. The fourth-order valence-electron chi connectivity index (χ4n) is 3.36. The SMILES string of the molecule is CCC(CC)Nc1ccc(C)c(C(C)C)c1.Cc1ccc(N)cc1C(C)C. The fraction of sp³-hybridized carbons (Fsp3) is 0.520. The lowest BCUT2D eigenvalue weighted by Crippen LogP contribution is -2.17. The Hall–Kier alpha value is -1.96. The first kappa shape index (κ1) is 23.1. The Morgan fingerprint density at radius 3 is 1.70 bits per heavy atom. The van der Waals surface area contributed by atoms with Gasteiger partial charge in [-0.05, 0) is 85.0 Å². The largest absolute Gasteiger partial charge is 0.399 e. The van der Waals surface area contributed by atoms with E-state index in [4.69, 9.17) is 5.73 Å². The number of anilines is 2. The van der Waals surface area contributed by atoms with Crippen LogP contribution in [0.1, 0.15) is 88.5 Å². The van der Waals surface area contributed by atoms with Gasteiger partial charge in [-0.15, -0.1) is 0 Å². The number of nitrogens with two attached hydrogens (primary N) is 1. The zero-order valence-electron chi connectivity index (χ0n) is 18.7. The lowest BCUT2D eigenvalue weighted by atomic mass is 9.97. The molecule has 0 amide bonds. The highest BCUT2D eigenvalue weighted by Gasteiger charge is 2.07. The minimum absolute atomic E-state index is 0.568. The van der Waals surface area contributed by atoms with E-state index in [2.05, 4.69) is 91.0 Å². The Balaban J connectivity index is 0.000000289. The van der Waals surface area contributed by atoms with Crippen LogP contribution in [-0.4, -0.2) is 6.04 Å². The molecule has 2 rings (SSSR count). The molecule has 0 aliphatic heterocycles. The van der Waals surface area contributed by atoms with Gasteiger partial charge in [-0.25, -0.2) is 0 Å². The minimum Gasteiger partial charge on any atom is -0.399 e. The third-order valence-corrected chi connectivity index (χ3v) is 5.18. The van der Waals surface area contributed by atoms with Crippen LogP contribution in [0.2, 0.25) is 0 Å². The van der Waals surface area contributed by atoms with E-state index in [1.54, 1.807) is 0 Å². The van der Waals surface area contributed by atoms with Gasteiger partial charge in [0.2, 0.25) is 0 Å². The summed E-state index contributed by atoms with van der Waals surface area (Å²) in [5.41, 5.74) is 13.3. The fourth-order valence-corrected chi connectivity index (χ4v) is 3.36. The second-order valence-corrected chi connectivity index (χ2v) is 8.15. The molecule has 2 heteroatoms. The van der Waals surface area contributed by atoms with Crippen molar-refractivity contribution in [2.24, 2.45) is 0 Å². The van der Waals surface area contributed by atoms with Gasteiger partial charge in [-0.2, -0.15) is 0 Å². The van der Waals surface area contributed by atoms with Gasteiger partial charge >= 0.3 is 0 Å². The van der Waals surface area contributed by atoms with Crippen LogP contribution in [-0.2, 0) is 0 Å². The first-order valence-corrected chi connectivity index (χ1v) is 10.4. The summed E-state index contributed by atoms with van der Waals surface area (Å²) in [6.45, 7) is 17.7. The standard InChI is InChI=1S/C15H25N.C10H15N/c1-6-13(7-2)16-14-9-8-12(5)15(10-14)11(3)4;1-7(2)10-6-9(11)5-4-8(10)3/h8-11,13,16H,6-7H2,1-5H3;4-7H,11H2,1-3H3. The number of hydrogen-bond acceptors (Lipinski definition) is 2. The number of aryl methyl sites for hydroxylation is 2. The average molecular weight is 369 g/mol. The normalized spacial score (nSPS) is 10.9. The summed E-state index contributed by atoms with van der Waals surface area (Å²) in [6, 6.07) is 13.4. The van der Waals surface area contributed by atoms with Gasteiger partial charge in [0.15, 0.2) is 0 Å². The predicted octanol–water partition coefficient (Wildman–Crippen LogP) is 7.42. The molecule has 0 aliphatic rings. The van der Waals surface area contributed by atoms with Crippen molar-refractivity contribution in [2.45, 2.75) is 86.1 Å². The Bertz CT molecular complexity index is 697. The molecular weight excluding hydrogens is 328 g/mol. The molecule has 0 aromatic heterocycles. The van der Waals surface area contributed by atoms with Crippen molar-refractivity contribution in [3.63, 3.8) is 0 Å². The van der Waals surface area contributed by atoms with Crippen LogP contribution in [0.4, 0.5) is 11.4 Å². The number of hydrogen-bond donors (Lipinski definition) is 2. The summed E-state index contributed by atoms with van der Waals surface area (Å²) in [7, 11) is 0. The molecule has 0 unspecified atom stereocenters. The first-order chi connectivity index (χ1) is 12.7. The van der Waals surface area contributed by atoms with Crippen molar-refractivity contribution in [2.75, 3.05) is 11.1 Å². The summed E-state index contributed by atoms with van der Waals surface area (Å²) in [6.07, 6.45) is 2.36. The number of benzene rings is 2. The number of nitrogen functional groups attached to an aromatic ring is 1.